The van der Waals surface area contributed by atoms with Gasteiger partial charge < -0.3 is 15.3 Å². The second-order valence-electron chi connectivity index (χ2n) is 9.65. The first-order valence-electron chi connectivity index (χ1n) is 12.5. The number of hydrogen-bond acceptors (Lipinski definition) is 7. The van der Waals surface area contributed by atoms with E-state index in [0.29, 0.717) is 40.0 Å². The summed E-state index contributed by atoms with van der Waals surface area (Å²) in [5.41, 5.74) is 2.73. The molecule has 0 unspecified atom stereocenters. The largest absolute Gasteiger partial charge is 0.396 e. The standard InChI is InChI=1S/C25H33ClFN7O.2ClH/c1-3-21-22-23(31-32(21)2)24(28-20-7-6-17(26)13-19(20)27)30-25(29-22)33-11-8-18(9-12-33)34-10-4-5-16(14-34)15-35;;/h6-7,13,16,18,35H,3-5,8-12,14-15H2,1-2H3,(H,28,29,30);2*1H/t16-;;/m0../s1. The van der Waals surface area contributed by atoms with Crippen LogP contribution in [0.1, 0.15) is 38.3 Å². The number of hydrogen-bond donors (Lipinski definition) is 2. The molecule has 1 atom stereocenters. The van der Waals surface area contributed by atoms with Crippen molar-refractivity contribution in [3.05, 3.63) is 34.7 Å². The molecule has 0 radical (unpaired) electrons. The molecule has 2 aliphatic rings. The van der Waals surface area contributed by atoms with Crippen LogP contribution in [0, 0.1) is 11.7 Å². The maximum atomic E-state index is 14.6. The van der Waals surface area contributed by atoms with Gasteiger partial charge in [-0.05, 0) is 62.8 Å². The van der Waals surface area contributed by atoms with Gasteiger partial charge >= 0.3 is 0 Å². The van der Waals surface area contributed by atoms with Gasteiger partial charge in [0.15, 0.2) is 11.3 Å². The van der Waals surface area contributed by atoms with Crippen LogP contribution >= 0.6 is 36.4 Å². The van der Waals surface area contributed by atoms with Gasteiger partial charge in [-0.2, -0.15) is 10.1 Å². The van der Waals surface area contributed by atoms with Crippen molar-refractivity contribution >= 4 is 64.9 Å². The van der Waals surface area contributed by atoms with Crippen molar-refractivity contribution in [2.45, 2.75) is 45.1 Å². The number of rotatable bonds is 6. The van der Waals surface area contributed by atoms with E-state index in [1.807, 2.05) is 11.7 Å². The Balaban J connectivity index is 0.00000190. The molecule has 1 aromatic carbocycles. The molecule has 2 fully saturated rings. The molecule has 4 heterocycles. The number of anilines is 3. The lowest BCUT2D eigenvalue weighted by atomic mass is 9.94. The lowest BCUT2D eigenvalue weighted by Gasteiger charge is -2.42. The molecule has 0 amide bonds. The van der Waals surface area contributed by atoms with Crippen LogP contribution < -0.4 is 10.2 Å². The van der Waals surface area contributed by atoms with Crippen LogP contribution in [0.4, 0.5) is 21.8 Å². The summed E-state index contributed by atoms with van der Waals surface area (Å²) in [4.78, 5) is 14.5. The highest BCUT2D eigenvalue weighted by Gasteiger charge is 2.30. The predicted molar refractivity (Wildman–Crippen MR) is 151 cm³/mol. The molecule has 2 aromatic heterocycles. The van der Waals surface area contributed by atoms with Crippen LogP contribution in [-0.4, -0.2) is 68.6 Å². The van der Waals surface area contributed by atoms with Crippen molar-refractivity contribution in [2.75, 3.05) is 43.0 Å². The second-order valence-corrected chi connectivity index (χ2v) is 10.1. The van der Waals surface area contributed by atoms with Crippen molar-refractivity contribution in [1.82, 2.24) is 24.6 Å². The van der Waals surface area contributed by atoms with Gasteiger partial charge in [0.2, 0.25) is 5.95 Å². The predicted octanol–water partition coefficient (Wildman–Crippen LogP) is 4.98. The Morgan fingerprint density at radius 2 is 1.86 bits per heavy atom. The highest BCUT2D eigenvalue weighted by atomic mass is 35.5. The molecule has 0 saturated carbocycles. The monoisotopic (exact) mass is 573 g/mol. The third-order valence-corrected chi connectivity index (χ3v) is 7.61. The van der Waals surface area contributed by atoms with E-state index in [1.54, 1.807) is 12.1 Å². The molecule has 2 aliphatic heterocycles. The molecule has 0 aliphatic carbocycles. The van der Waals surface area contributed by atoms with E-state index in [0.717, 1.165) is 69.5 Å². The highest BCUT2D eigenvalue weighted by molar-refractivity contribution is 6.30. The lowest BCUT2D eigenvalue weighted by molar-refractivity contribution is 0.0776. The molecular formula is C25H35Cl3FN7O. The number of aromatic nitrogens is 4. The van der Waals surface area contributed by atoms with Crippen LogP contribution in [0.3, 0.4) is 0 Å². The van der Waals surface area contributed by atoms with Gasteiger partial charge in [-0.3, -0.25) is 9.58 Å². The number of piperidine rings is 2. The first-order valence-corrected chi connectivity index (χ1v) is 12.9. The van der Waals surface area contributed by atoms with Gasteiger partial charge in [0, 0.05) is 44.4 Å². The number of nitrogens with one attached hydrogen (secondary N) is 1. The maximum absolute atomic E-state index is 14.6. The Labute approximate surface area is 234 Å². The fourth-order valence-electron chi connectivity index (χ4n) is 5.45. The summed E-state index contributed by atoms with van der Waals surface area (Å²) < 4.78 is 16.4. The SMILES string of the molecule is CCc1c2nc(N3CCC(N4CCC[C@H](CO)C4)CC3)nc(Nc3ccc(Cl)cc3F)c2nn1C.Cl.Cl. The lowest BCUT2D eigenvalue weighted by Crippen LogP contribution is -2.49. The average Bonchev–Trinajstić information content (AvgIpc) is 3.20. The summed E-state index contributed by atoms with van der Waals surface area (Å²) in [6.45, 7) is 6.16. The zero-order chi connectivity index (χ0) is 24.5. The molecule has 2 saturated heterocycles. The molecule has 37 heavy (non-hydrogen) atoms. The third-order valence-electron chi connectivity index (χ3n) is 7.38. The van der Waals surface area contributed by atoms with Crippen LogP contribution in [0.15, 0.2) is 18.2 Å². The van der Waals surface area contributed by atoms with Gasteiger partial charge in [0.1, 0.15) is 11.3 Å². The first kappa shape index (κ1) is 29.6. The molecule has 5 rings (SSSR count). The Hall–Kier alpha value is -1.91. The smallest absolute Gasteiger partial charge is 0.228 e. The van der Waals surface area contributed by atoms with Crippen LogP contribution in [0.2, 0.25) is 5.02 Å². The van der Waals surface area contributed by atoms with Gasteiger partial charge in [0.25, 0.3) is 0 Å². The number of benzene rings is 1. The minimum Gasteiger partial charge on any atom is -0.396 e. The minimum absolute atomic E-state index is 0. The van der Waals surface area contributed by atoms with E-state index in [-0.39, 0.29) is 31.4 Å². The van der Waals surface area contributed by atoms with Crippen LogP contribution in [0.5, 0.6) is 0 Å². The van der Waals surface area contributed by atoms with E-state index >= 15 is 0 Å². The summed E-state index contributed by atoms with van der Waals surface area (Å²) in [6.07, 6.45) is 5.11. The van der Waals surface area contributed by atoms with Crippen molar-refractivity contribution in [2.24, 2.45) is 13.0 Å². The quantitative estimate of drug-likeness (QED) is 0.430. The van der Waals surface area contributed by atoms with Crippen molar-refractivity contribution < 1.29 is 9.50 Å². The van der Waals surface area contributed by atoms with E-state index in [4.69, 9.17) is 21.6 Å². The Kier molecular flexibility index (Phi) is 10.2. The molecule has 8 nitrogen and oxygen atoms in total. The number of aryl methyl sites for hydroxylation is 2. The molecule has 3 aromatic rings. The number of fused-ring (bicyclic) bond motifs is 1. The molecule has 0 bridgehead atoms. The minimum atomic E-state index is -0.444. The normalized spacial score (nSPS) is 18.9. The van der Waals surface area contributed by atoms with Crippen LogP contribution in [0.25, 0.3) is 11.0 Å². The fraction of sp³-hybridized carbons (Fsp3) is 0.560. The number of aliphatic hydroxyl groups is 1. The van der Waals surface area contributed by atoms with E-state index in [9.17, 15) is 9.50 Å². The second kappa shape index (κ2) is 12.8. The number of nitrogens with zero attached hydrogens (tertiary/aromatic N) is 6. The number of halogens is 4. The average molecular weight is 575 g/mol. The summed E-state index contributed by atoms with van der Waals surface area (Å²) in [7, 11) is 1.90. The summed E-state index contributed by atoms with van der Waals surface area (Å²) in [5, 5.41) is 17.7. The third kappa shape index (κ3) is 6.23. The molecule has 0 spiro atoms. The number of aliphatic hydroxyl groups excluding tert-OH is 1. The fourth-order valence-corrected chi connectivity index (χ4v) is 5.61. The first-order chi connectivity index (χ1) is 17.0. The maximum Gasteiger partial charge on any atom is 0.228 e. The Morgan fingerprint density at radius 3 is 2.54 bits per heavy atom. The number of likely N-dealkylation sites (tertiary alicyclic amines) is 1. The van der Waals surface area contributed by atoms with Gasteiger partial charge in [-0.1, -0.05) is 18.5 Å². The topological polar surface area (TPSA) is 82.3 Å². The summed E-state index contributed by atoms with van der Waals surface area (Å²) >= 11 is 5.94. The zero-order valence-electron chi connectivity index (χ0n) is 21.2. The van der Waals surface area contributed by atoms with E-state index in [1.165, 1.54) is 6.07 Å². The Morgan fingerprint density at radius 1 is 1.11 bits per heavy atom. The highest BCUT2D eigenvalue weighted by Crippen LogP contribution is 2.31. The van der Waals surface area contributed by atoms with Gasteiger partial charge in [0.05, 0.1) is 11.4 Å². The molecule has 204 valence electrons. The van der Waals surface area contributed by atoms with Crippen molar-refractivity contribution in [1.29, 1.82) is 0 Å². The van der Waals surface area contributed by atoms with Gasteiger partial charge in [-0.15, -0.1) is 24.8 Å². The van der Waals surface area contributed by atoms with Gasteiger partial charge in [-0.25, -0.2) is 9.37 Å². The van der Waals surface area contributed by atoms with Crippen molar-refractivity contribution in [3.8, 4) is 0 Å². The summed E-state index contributed by atoms with van der Waals surface area (Å²) in [6, 6.07) is 5.06. The van der Waals surface area contributed by atoms with Crippen molar-refractivity contribution in [3.63, 3.8) is 0 Å². The van der Waals surface area contributed by atoms with E-state index in [2.05, 4.69) is 27.1 Å². The summed E-state index contributed by atoms with van der Waals surface area (Å²) in [5.74, 6) is 1.08. The zero-order valence-corrected chi connectivity index (χ0v) is 23.5. The Bertz CT molecular complexity index is 1200. The van der Waals surface area contributed by atoms with Crippen LogP contribution in [-0.2, 0) is 13.5 Å². The molecular weight excluding hydrogens is 540 g/mol. The molecule has 2 N–H and O–H groups in total. The van der Waals surface area contributed by atoms with E-state index < -0.39 is 5.82 Å². The molecule has 12 heteroatoms.